The van der Waals surface area contributed by atoms with Crippen LogP contribution in [-0.4, -0.2) is 15.0 Å². The van der Waals surface area contributed by atoms with Gasteiger partial charge in [-0.1, -0.05) is 18.9 Å². The van der Waals surface area contributed by atoms with Crippen LogP contribution in [0.3, 0.4) is 0 Å². The fourth-order valence-electron chi connectivity index (χ4n) is 2.73. The molecule has 0 atom stereocenters. The van der Waals surface area contributed by atoms with E-state index < -0.39 is 0 Å². The smallest absolute Gasteiger partial charge is 0.180 e. The Morgan fingerprint density at radius 2 is 1.90 bits per heavy atom. The van der Waals surface area contributed by atoms with Gasteiger partial charge in [-0.25, -0.2) is 15.0 Å². The number of aromatic nitrogens is 3. The molecule has 0 aliphatic heterocycles. The SMILES string of the molecule is Cc1cccc(-c2nc(N)c(I)c(C3CCCC3)n2)n1. The molecule has 0 unspecified atom stereocenters. The molecule has 0 saturated heterocycles. The maximum absolute atomic E-state index is 6.08. The summed E-state index contributed by atoms with van der Waals surface area (Å²) in [6.07, 6.45) is 4.96. The van der Waals surface area contributed by atoms with E-state index in [1.54, 1.807) is 0 Å². The number of hydrogen-bond donors (Lipinski definition) is 1. The van der Waals surface area contributed by atoms with E-state index in [9.17, 15) is 0 Å². The van der Waals surface area contributed by atoms with Crippen LogP contribution in [0.25, 0.3) is 11.5 Å². The molecule has 0 aromatic carbocycles. The summed E-state index contributed by atoms with van der Waals surface area (Å²) in [5.41, 5.74) is 8.95. The molecule has 2 aromatic heterocycles. The number of aryl methyl sites for hydroxylation is 1. The van der Waals surface area contributed by atoms with Gasteiger partial charge >= 0.3 is 0 Å². The Balaban J connectivity index is 2.08. The van der Waals surface area contributed by atoms with E-state index >= 15 is 0 Å². The first kappa shape index (κ1) is 13.7. The lowest BCUT2D eigenvalue weighted by Crippen LogP contribution is -2.08. The van der Waals surface area contributed by atoms with Gasteiger partial charge in [0.15, 0.2) is 5.82 Å². The lowest BCUT2D eigenvalue weighted by molar-refractivity contribution is 0.691. The number of nitrogens with two attached hydrogens (primary N) is 1. The second-order valence-corrected chi connectivity index (χ2v) is 6.36. The number of rotatable bonds is 2. The van der Waals surface area contributed by atoms with E-state index in [0.717, 1.165) is 20.7 Å². The van der Waals surface area contributed by atoms with Gasteiger partial charge in [0.25, 0.3) is 0 Å². The van der Waals surface area contributed by atoms with Crippen LogP contribution >= 0.6 is 22.6 Å². The van der Waals surface area contributed by atoms with Gasteiger partial charge < -0.3 is 5.73 Å². The van der Waals surface area contributed by atoms with E-state index in [2.05, 4.69) is 32.6 Å². The van der Waals surface area contributed by atoms with Crippen molar-refractivity contribution in [2.45, 2.75) is 38.5 Å². The Kier molecular flexibility index (Phi) is 3.87. The van der Waals surface area contributed by atoms with Crippen molar-refractivity contribution in [1.82, 2.24) is 15.0 Å². The maximum Gasteiger partial charge on any atom is 0.180 e. The molecule has 0 bridgehead atoms. The van der Waals surface area contributed by atoms with Crippen LogP contribution in [0.15, 0.2) is 18.2 Å². The molecule has 20 heavy (non-hydrogen) atoms. The number of nitrogens with zero attached hydrogens (tertiary/aromatic N) is 3. The first-order valence-electron chi connectivity index (χ1n) is 6.92. The second kappa shape index (κ2) is 5.63. The fraction of sp³-hybridized carbons (Fsp3) is 0.400. The average Bonchev–Trinajstić information content (AvgIpc) is 2.95. The average molecular weight is 380 g/mol. The minimum absolute atomic E-state index is 0.524. The molecular weight excluding hydrogens is 363 g/mol. The van der Waals surface area contributed by atoms with Crippen molar-refractivity contribution in [3.8, 4) is 11.5 Å². The van der Waals surface area contributed by atoms with Crippen LogP contribution in [0.4, 0.5) is 5.82 Å². The zero-order valence-electron chi connectivity index (χ0n) is 11.4. The van der Waals surface area contributed by atoms with Gasteiger partial charge in [-0.2, -0.15) is 0 Å². The van der Waals surface area contributed by atoms with Crippen LogP contribution in [0.5, 0.6) is 0 Å². The summed E-state index contributed by atoms with van der Waals surface area (Å²) in [4.78, 5) is 13.7. The number of pyridine rings is 1. The van der Waals surface area contributed by atoms with Gasteiger partial charge in [0, 0.05) is 11.6 Å². The minimum atomic E-state index is 0.524. The van der Waals surface area contributed by atoms with Crippen LogP contribution in [0, 0.1) is 10.5 Å². The molecule has 0 spiro atoms. The Labute approximate surface area is 132 Å². The van der Waals surface area contributed by atoms with E-state index in [1.165, 1.54) is 25.7 Å². The summed E-state index contributed by atoms with van der Waals surface area (Å²) in [5, 5.41) is 0. The van der Waals surface area contributed by atoms with E-state index in [0.29, 0.717) is 17.6 Å². The number of halogens is 1. The maximum atomic E-state index is 6.08. The molecule has 3 rings (SSSR count). The first-order valence-corrected chi connectivity index (χ1v) is 8.00. The second-order valence-electron chi connectivity index (χ2n) is 5.28. The molecule has 0 amide bonds. The van der Waals surface area contributed by atoms with Crippen LogP contribution in [0.2, 0.25) is 0 Å². The monoisotopic (exact) mass is 380 g/mol. The molecule has 5 heteroatoms. The lowest BCUT2D eigenvalue weighted by Gasteiger charge is -2.13. The standard InChI is InChI=1S/C15H17IN4/c1-9-5-4-8-11(18-9)15-19-13(10-6-2-3-7-10)12(16)14(17)20-15/h4-5,8,10H,2-3,6-7H2,1H3,(H2,17,19,20). The lowest BCUT2D eigenvalue weighted by atomic mass is 10.0. The van der Waals surface area contributed by atoms with Crippen molar-refractivity contribution in [1.29, 1.82) is 0 Å². The zero-order chi connectivity index (χ0) is 14.1. The molecule has 1 aliphatic rings. The van der Waals surface area contributed by atoms with Gasteiger partial charge in [0.2, 0.25) is 0 Å². The highest BCUT2D eigenvalue weighted by molar-refractivity contribution is 14.1. The van der Waals surface area contributed by atoms with Crippen molar-refractivity contribution >= 4 is 28.4 Å². The largest absolute Gasteiger partial charge is 0.383 e. The van der Waals surface area contributed by atoms with Crippen molar-refractivity contribution in [2.75, 3.05) is 5.73 Å². The van der Waals surface area contributed by atoms with Gasteiger partial charge in [0.1, 0.15) is 11.5 Å². The third kappa shape index (κ3) is 2.63. The fourth-order valence-corrected chi connectivity index (χ4v) is 3.42. The highest BCUT2D eigenvalue weighted by atomic mass is 127. The molecule has 0 radical (unpaired) electrons. The Morgan fingerprint density at radius 3 is 2.60 bits per heavy atom. The van der Waals surface area contributed by atoms with Crippen LogP contribution < -0.4 is 5.73 Å². The summed E-state index contributed by atoms with van der Waals surface area (Å²) in [6, 6.07) is 5.88. The molecule has 1 saturated carbocycles. The van der Waals surface area contributed by atoms with Gasteiger partial charge in [-0.15, -0.1) is 0 Å². The predicted octanol–water partition coefficient (Wildman–Crippen LogP) is 3.69. The van der Waals surface area contributed by atoms with Crippen molar-refractivity contribution < 1.29 is 0 Å². The Morgan fingerprint density at radius 1 is 1.15 bits per heavy atom. The molecule has 1 aliphatic carbocycles. The quantitative estimate of drug-likeness (QED) is 0.808. The minimum Gasteiger partial charge on any atom is -0.383 e. The molecular formula is C15H17IN4. The van der Waals surface area contributed by atoms with Crippen LogP contribution in [0.1, 0.15) is 43.0 Å². The van der Waals surface area contributed by atoms with E-state index in [1.807, 2.05) is 25.1 Å². The Bertz CT molecular complexity index is 636. The number of hydrogen-bond acceptors (Lipinski definition) is 4. The molecule has 2 N–H and O–H groups in total. The summed E-state index contributed by atoms with van der Waals surface area (Å²) < 4.78 is 1.01. The summed E-state index contributed by atoms with van der Waals surface area (Å²) in [7, 11) is 0. The molecule has 4 nitrogen and oxygen atoms in total. The van der Waals surface area contributed by atoms with E-state index in [-0.39, 0.29) is 0 Å². The molecule has 2 heterocycles. The summed E-state index contributed by atoms with van der Waals surface area (Å²) in [6.45, 7) is 1.97. The summed E-state index contributed by atoms with van der Waals surface area (Å²) in [5.74, 6) is 1.74. The van der Waals surface area contributed by atoms with Gasteiger partial charge in [-0.05, 0) is 54.5 Å². The number of nitrogen functional groups attached to an aromatic ring is 1. The van der Waals surface area contributed by atoms with Crippen molar-refractivity contribution in [3.05, 3.63) is 33.2 Å². The molecule has 2 aromatic rings. The molecule has 104 valence electrons. The zero-order valence-corrected chi connectivity index (χ0v) is 13.6. The third-order valence-corrected chi connectivity index (χ3v) is 4.87. The highest BCUT2D eigenvalue weighted by Gasteiger charge is 2.23. The number of anilines is 1. The Hall–Kier alpha value is -1.24. The van der Waals surface area contributed by atoms with Crippen molar-refractivity contribution in [2.24, 2.45) is 0 Å². The highest BCUT2D eigenvalue weighted by Crippen LogP contribution is 2.37. The van der Waals surface area contributed by atoms with E-state index in [4.69, 9.17) is 10.7 Å². The topological polar surface area (TPSA) is 64.7 Å². The normalized spacial score (nSPS) is 15.7. The van der Waals surface area contributed by atoms with Gasteiger partial charge in [0.05, 0.1) is 9.26 Å². The van der Waals surface area contributed by atoms with Crippen LogP contribution in [-0.2, 0) is 0 Å². The summed E-state index contributed by atoms with van der Waals surface area (Å²) >= 11 is 2.27. The molecule has 1 fully saturated rings. The van der Waals surface area contributed by atoms with Crippen molar-refractivity contribution in [3.63, 3.8) is 0 Å². The van der Waals surface area contributed by atoms with Gasteiger partial charge in [-0.3, -0.25) is 0 Å². The third-order valence-electron chi connectivity index (χ3n) is 3.76. The first-order chi connectivity index (χ1) is 9.65. The predicted molar refractivity (Wildman–Crippen MR) is 88.3 cm³/mol.